The smallest absolute Gasteiger partial charge is 0.0740 e. The molecule has 1 aromatic carbocycles. The van der Waals surface area contributed by atoms with Gasteiger partial charge in [0.05, 0.1) is 12.1 Å². The van der Waals surface area contributed by atoms with Crippen molar-refractivity contribution >= 4 is 23.2 Å². The van der Waals surface area contributed by atoms with E-state index in [1.165, 1.54) is 0 Å². The molecule has 1 rings (SSSR count). The molecule has 0 bridgehead atoms. The van der Waals surface area contributed by atoms with Gasteiger partial charge >= 0.3 is 0 Å². The Kier molecular flexibility index (Phi) is 6.97. The summed E-state index contributed by atoms with van der Waals surface area (Å²) in [5.41, 5.74) is 3.70. The van der Waals surface area contributed by atoms with E-state index in [-0.39, 0.29) is 12.1 Å². The normalized spacial score (nSPS) is 14.5. The van der Waals surface area contributed by atoms with Crippen molar-refractivity contribution in [1.29, 1.82) is 0 Å². The highest BCUT2D eigenvalue weighted by Gasteiger charge is 2.21. The SMILES string of the molecule is CCCC(OC)C(Cc1c(Cl)cccc1Cl)NN. The lowest BCUT2D eigenvalue weighted by atomic mass is 9.98. The summed E-state index contributed by atoms with van der Waals surface area (Å²) < 4.78 is 5.47. The number of hydrazine groups is 1. The molecule has 2 unspecified atom stereocenters. The van der Waals surface area contributed by atoms with Crippen molar-refractivity contribution in [2.45, 2.75) is 38.3 Å². The lowest BCUT2D eigenvalue weighted by Crippen LogP contribution is -2.46. The highest BCUT2D eigenvalue weighted by molar-refractivity contribution is 6.36. The average Bonchev–Trinajstić information content (AvgIpc) is 2.36. The molecule has 102 valence electrons. The monoisotopic (exact) mass is 290 g/mol. The van der Waals surface area contributed by atoms with E-state index in [1.807, 2.05) is 18.2 Å². The van der Waals surface area contributed by atoms with Crippen molar-refractivity contribution in [2.75, 3.05) is 7.11 Å². The van der Waals surface area contributed by atoms with E-state index in [0.717, 1.165) is 18.4 Å². The van der Waals surface area contributed by atoms with Gasteiger partial charge in [-0.05, 0) is 30.5 Å². The van der Waals surface area contributed by atoms with Gasteiger partial charge in [-0.15, -0.1) is 0 Å². The lowest BCUT2D eigenvalue weighted by molar-refractivity contribution is 0.0609. The largest absolute Gasteiger partial charge is 0.380 e. The van der Waals surface area contributed by atoms with Crippen molar-refractivity contribution in [3.63, 3.8) is 0 Å². The summed E-state index contributed by atoms with van der Waals surface area (Å²) in [5, 5.41) is 1.32. The van der Waals surface area contributed by atoms with Crippen molar-refractivity contribution in [3.05, 3.63) is 33.8 Å². The van der Waals surface area contributed by atoms with Gasteiger partial charge in [-0.25, -0.2) is 0 Å². The molecule has 0 saturated heterocycles. The Morgan fingerprint density at radius 1 is 1.33 bits per heavy atom. The maximum Gasteiger partial charge on any atom is 0.0740 e. The number of halogens is 2. The standard InChI is InChI=1S/C13H20Cl2N2O/c1-3-5-13(18-2)12(17-16)8-9-10(14)6-4-7-11(9)15/h4,6-7,12-13,17H,3,5,8,16H2,1-2H3. The fourth-order valence-corrected chi connectivity index (χ4v) is 2.56. The van der Waals surface area contributed by atoms with Crippen LogP contribution in [0.4, 0.5) is 0 Å². The molecule has 0 fully saturated rings. The zero-order valence-corrected chi connectivity index (χ0v) is 12.3. The second-order valence-corrected chi connectivity index (χ2v) is 5.05. The van der Waals surface area contributed by atoms with Crippen molar-refractivity contribution in [2.24, 2.45) is 5.84 Å². The molecule has 5 heteroatoms. The van der Waals surface area contributed by atoms with Gasteiger partial charge in [0.2, 0.25) is 0 Å². The van der Waals surface area contributed by atoms with E-state index in [2.05, 4.69) is 12.3 Å². The van der Waals surface area contributed by atoms with Gasteiger partial charge in [-0.3, -0.25) is 11.3 Å². The zero-order chi connectivity index (χ0) is 13.5. The molecular weight excluding hydrogens is 271 g/mol. The summed E-state index contributed by atoms with van der Waals surface area (Å²) >= 11 is 12.3. The Morgan fingerprint density at radius 3 is 2.39 bits per heavy atom. The minimum absolute atomic E-state index is 0.00708. The summed E-state index contributed by atoms with van der Waals surface area (Å²) in [6.07, 6.45) is 2.67. The van der Waals surface area contributed by atoms with Crippen LogP contribution in [0.15, 0.2) is 18.2 Å². The molecular formula is C13H20Cl2N2O. The molecule has 0 heterocycles. The molecule has 0 aliphatic rings. The molecule has 0 aliphatic carbocycles. The highest BCUT2D eigenvalue weighted by Crippen LogP contribution is 2.26. The highest BCUT2D eigenvalue weighted by atomic mass is 35.5. The predicted molar refractivity (Wildman–Crippen MR) is 77.0 cm³/mol. The summed E-state index contributed by atoms with van der Waals surface area (Å²) in [7, 11) is 1.69. The fourth-order valence-electron chi connectivity index (χ4n) is 2.01. The maximum atomic E-state index is 6.16. The fraction of sp³-hybridized carbons (Fsp3) is 0.538. The molecule has 0 radical (unpaired) electrons. The average molecular weight is 291 g/mol. The number of ether oxygens (including phenoxy) is 1. The Balaban J connectivity index is 2.85. The van der Waals surface area contributed by atoms with Gasteiger partial charge < -0.3 is 4.74 Å². The van der Waals surface area contributed by atoms with Crippen LogP contribution in [0.1, 0.15) is 25.3 Å². The van der Waals surface area contributed by atoms with Gasteiger partial charge in [-0.2, -0.15) is 0 Å². The van der Waals surface area contributed by atoms with E-state index >= 15 is 0 Å². The third-order valence-electron chi connectivity index (χ3n) is 3.02. The van der Waals surface area contributed by atoms with Gasteiger partial charge in [-0.1, -0.05) is 42.6 Å². The summed E-state index contributed by atoms with van der Waals surface area (Å²) in [5.74, 6) is 5.61. The van der Waals surface area contributed by atoms with Crippen molar-refractivity contribution in [3.8, 4) is 0 Å². The molecule has 0 saturated carbocycles. The van der Waals surface area contributed by atoms with Gasteiger partial charge in [0.1, 0.15) is 0 Å². The number of hydrogen-bond donors (Lipinski definition) is 2. The number of nitrogens with one attached hydrogen (secondary N) is 1. The first-order valence-electron chi connectivity index (χ1n) is 6.05. The third-order valence-corrected chi connectivity index (χ3v) is 3.73. The predicted octanol–water partition coefficient (Wildman–Crippen LogP) is 3.18. The summed E-state index contributed by atoms with van der Waals surface area (Å²) in [6.45, 7) is 2.11. The molecule has 3 N–H and O–H groups in total. The molecule has 0 spiro atoms. The third kappa shape index (κ3) is 4.11. The van der Waals surface area contributed by atoms with Crippen LogP contribution in [-0.4, -0.2) is 19.3 Å². The van der Waals surface area contributed by atoms with Gasteiger partial charge in [0, 0.05) is 17.2 Å². The quantitative estimate of drug-likeness (QED) is 0.599. The number of rotatable bonds is 7. The number of benzene rings is 1. The van der Waals surface area contributed by atoms with Crippen molar-refractivity contribution in [1.82, 2.24) is 5.43 Å². The maximum absolute atomic E-state index is 6.16. The number of methoxy groups -OCH3 is 1. The van der Waals surface area contributed by atoms with Crippen molar-refractivity contribution < 1.29 is 4.74 Å². The van der Waals surface area contributed by atoms with E-state index in [1.54, 1.807) is 7.11 Å². The second kappa shape index (κ2) is 7.97. The Bertz CT molecular complexity index is 354. The van der Waals surface area contributed by atoms with Crippen LogP contribution in [0.3, 0.4) is 0 Å². The molecule has 3 nitrogen and oxygen atoms in total. The van der Waals surface area contributed by atoms with E-state index in [9.17, 15) is 0 Å². The van der Waals surface area contributed by atoms with Gasteiger partial charge in [0.15, 0.2) is 0 Å². The lowest BCUT2D eigenvalue weighted by Gasteiger charge is -2.25. The van der Waals surface area contributed by atoms with Crippen LogP contribution >= 0.6 is 23.2 Å². The van der Waals surface area contributed by atoms with E-state index in [4.69, 9.17) is 33.8 Å². The van der Waals surface area contributed by atoms with Crippen LogP contribution in [0.2, 0.25) is 10.0 Å². The first kappa shape index (κ1) is 15.7. The molecule has 2 atom stereocenters. The number of hydrogen-bond acceptors (Lipinski definition) is 3. The molecule has 0 aliphatic heterocycles. The first-order valence-corrected chi connectivity index (χ1v) is 6.81. The van der Waals surface area contributed by atoms with Crippen LogP contribution in [-0.2, 0) is 11.2 Å². The Labute approximate surface area is 119 Å². The molecule has 18 heavy (non-hydrogen) atoms. The van der Waals surface area contributed by atoms with Crippen LogP contribution in [0.5, 0.6) is 0 Å². The summed E-state index contributed by atoms with van der Waals surface area (Å²) in [6, 6.07) is 5.49. The topological polar surface area (TPSA) is 47.3 Å². The van der Waals surface area contributed by atoms with Crippen LogP contribution in [0, 0.1) is 0 Å². The molecule has 1 aromatic rings. The minimum atomic E-state index is -0.00708. The van der Waals surface area contributed by atoms with Gasteiger partial charge in [0.25, 0.3) is 0 Å². The van der Waals surface area contributed by atoms with E-state index < -0.39 is 0 Å². The Morgan fingerprint density at radius 2 is 1.94 bits per heavy atom. The summed E-state index contributed by atoms with van der Waals surface area (Å²) in [4.78, 5) is 0. The van der Waals surface area contributed by atoms with Crippen LogP contribution in [0.25, 0.3) is 0 Å². The number of nitrogens with two attached hydrogens (primary N) is 1. The van der Waals surface area contributed by atoms with E-state index in [0.29, 0.717) is 16.5 Å². The van der Waals surface area contributed by atoms with Crippen LogP contribution < -0.4 is 11.3 Å². The second-order valence-electron chi connectivity index (χ2n) is 4.24. The molecule has 0 amide bonds. The molecule has 0 aromatic heterocycles. The minimum Gasteiger partial charge on any atom is -0.380 e. The Hall–Kier alpha value is -0.320. The zero-order valence-electron chi connectivity index (χ0n) is 10.7. The first-order chi connectivity index (χ1) is 8.63.